The van der Waals surface area contributed by atoms with Gasteiger partial charge >= 0.3 is 5.97 Å². The highest BCUT2D eigenvalue weighted by Gasteiger charge is 2.19. The fourth-order valence-electron chi connectivity index (χ4n) is 1.69. The second-order valence-electron chi connectivity index (χ2n) is 4.92. The number of carbonyl (C=O) groups is 2. The van der Waals surface area contributed by atoms with Crippen molar-refractivity contribution in [3.63, 3.8) is 0 Å². The summed E-state index contributed by atoms with van der Waals surface area (Å²) in [7, 11) is 0. The molecule has 1 amide bonds. The van der Waals surface area contributed by atoms with Crippen LogP contribution in [0.5, 0.6) is 0 Å². The Morgan fingerprint density at radius 2 is 2.10 bits per heavy atom. The van der Waals surface area contributed by atoms with E-state index in [1.807, 2.05) is 38.1 Å². The minimum atomic E-state index is -1.01. The lowest BCUT2D eigenvalue weighted by molar-refractivity contribution is -0.141. The van der Waals surface area contributed by atoms with Crippen molar-refractivity contribution < 1.29 is 14.7 Å². The Morgan fingerprint density at radius 1 is 1.40 bits per heavy atom. The number of carboxylic acid groups (broad SMARTS) is 1. The third-order valence-corrected chi connectivity index (χ3v) is 3.09. The third-order valence-electron chi connectivity index (χ3n) is 2.60. The van der Waals surface area contributed by atoms with Gasteiger partial charge < -0.3 is 10.4 Å². The molecule has 5 heteroatoms. The molecule has 1 atom stereocenters. The average Bonchev–Trinajstić information content (AvgIpc) is 2.35. The molecule has 0 saturated heterocycles. The van der Waals surface area contributed by atoms with Crippen molar-refractivity contribution >= 4 is 33.9 Å². The van der Waals surface area contributed by atoms with Crippen molar-refractivity contribution in [2.24, 2.45) is 5.92 Å². The minimum Gasteiger partial charge on any atom is -0.480 e. The summed E-state index contributed by atoms with van der Waals surface area (Å²) in [5.74, 6) is -1.22. The lowest BCUT2D eigenvalue weighted by atomic mass is 10.0. The Hall–Kier alpha value is -1.62. The van der Waals surface area contributed by atoms with Gasteiger partial charge in [0.05, 0.1) is 0 Å². The summed E-state index contributed by atoms with van der Waals surface area (Å²) in [6.07, 6.45) is 3.40. The standard InChI is InChI=1S/C15H18BrNO3/c1-10(2)8-13(15(19)20)17-14(18)7-6-11-4-3-5-12(16)9-11/h3-7,9-10,13H,8H2,1-2H3,(H,17,18)(H,19,20)/t13-/m1/s1. The van der Waals surface area contributed by atoms with Gasteiger partial charge in [-0.05, 0) is 36.1 Å². The maximum atomic E-state index is 11.7. The number of carboxylic acids is 1. The van der Waals surface area contributed by atoms with Gasteiger partial charge in [0.15, 0.2) is 0 Å². The van der Waals surface area contributed by atoms with Crippen LogP contribution in [0.1, 0.15) is 25.8 Å². The van der Waals surface area contributed by atoms with Crippen molar-refractivity contribution in [2.75, 3.05) is 0 Å². The van der Waals surface area contributed by atoms with E-state index < -0.39 is 17.9 Å². The maximum absolute atomic E-state index is 11.7. The molecule has 1 aromatic rings. The molecule has 2 N–H and O–H groups in total. The van der Waals surface area contributed by atoms with Gasteiger partial charge in [-0.15, -0.1) is 0 Å². The monoisotopic (exact) mass is 339 g/mol. The number of nitrogens with one attached hydrogen (secondary N) is 1. The zero-order valence-corrected chi connectivity index (χ0v) is 13.1. The van der Waals surface area contributed by atoms with E-state index in [0.717, 1.165) is 10.0 Å². The molecule has 0 heterocycles. The van der Waals surface area contributed by atoms with Crippen molar-refractivity contribution in [3.8, 4) is 0 Å². The van der Waals surface area contributed by atoms with Gasteiger partial charge in [-0.3, -0.25) is 4.79 Å². The Balaban J connectivity index is 2.63. The lowest BCUT2D eigenvalue weighted by Crippen LogP contribution is -2.40. The fraction of sp³-hybridized carbons (Fsp3) is 0.333. The highest BCUT2D eigenvalue weighted by molar-refractivity contribution is 9.10. The molecule has 0 aliphatic carbocycles. The first-order chi connectivity index (χ1) is 9.38. The highest BCUT2D eigenvalue weighted by atomic mass is 79.9. The van der Waals surface area contributed by atoms with Crippen molar-refractivity contribution in [1.82, 2.24) is 5.32 Å². The summed E-state index contributed by atoms with van der Waals surface area (Å²) in [6, 6.07) is 6.62. The summed E-state index contributed by atoms with van der Waals surface area (Å²) in [5, 5.41) is 11.5. The molecule has 0 aliphatic heterocycles. The molecule has 0 spiro atoms. The molecule has 20 heavy (non-hydrogen) atoms. The van der Waals surface area contributed by atoms with Gasteiger partial charge in [0.1, 0.15) is 6.04 Å². The first-order valence-electron chi connectivity index (χ1n) is 6.35. The van der Waals surface area contributed by atoms with E-state index >= 15 is 0 Å². The van der Waals surface area contributed by atoms with Crippen LogP contribution in [-0.4, -0.2) is 23.0 Å². The van der Waals surface area contributed by atoms with Gasteiger partial charge in [0.2, 0.25) is 5.91 Å². The zero-order valence-electron chi connectivity index (χ0n) is 11.5. The van der Waals surface area contributed by atoms with Crippen LogP contribution in [0, 0.1) is 5.92 Å². The zero-order chi connectivity index (χ0) is 15.1. The van der Waals surface area contributed by atoms with E-state index in [4.69, 9.17) is 5.11 Å². The van der Waals surface area contributed by atoms with E-state index in [2.05, 4.69) is 21.2 Å². The molecule has 1 aromatic carbocycles. The number of hydrogen-bond donors (Lipinski definition) is 2. The number of carbonyl (C=O) groups excluding carboxylic acids is 1. The molecule has 0 fully saturated rings. The van der Waals surface area contributed by atoms with E-state index in [9.17, 15) is 9.59 Å². The highest BCUT2D eigenvalue weighted by Crippen LogP contribution is 2.12. The van der Waals surface area contributed by atoms with Crippen LogP contribution in [0.2, 0.25) is 0 Å². The molecular weight excluding hydrogens is 322 g/mol. The van der Waals surface area contributed by atoms with Crippen LogP contribution in [0.4, 0.5) is 0 Å². The van der Waals surface area contributed by atoms with E-state index in [0.29, 0.717) is 6.42 Å². The van der Waals surface area contributed by atoms with E-state index in [-0.39, 0.29) is 5.92 Å². The number of aliphatic carboxylic acids is 1. The molecule has 4 nitrogen and oxygen atoms in total. The fourth-order valence-corrected chi connectivity index (χ4v) is 2.11. The van der Waals surface area contributed by atoms with Crippen LogP contribution in [0.3, 0.4) is 0 Å². The smallest absolute Gasteiger partial charge is 0.326 e. The van der Waals surface area contributed by atoms with Gasteiger partial charge in [0, 0.05) is 10.5 Å². The van der Waals surface area contributed by atoms with Crippen molar-refractivity contribution in [1.29, 1.82) is 0 Å². The first kappa shape index (κ1) is 16.4. The predicted molar refractivity (Wildman–Crippen MR) is 82.2 cm³/mol. The second kappa shape index (κ2) is 7.85. The summed E-state index contributed by atoms with van der Waals surface area (Å²) in [6.45, 7) is 3.83. The molecule has 0 aliphatic rings. The largest absolute Gasteiger partial charge is 0.480 e. The van der Waals surface area contributed by atoms with Gasteiger partial charge in [0.25, 0.3) is 0 Å². The Bertz CT molecular complexity index is 512. The molecule has 108 valence electrons. The first-order valence-corrected chi connectivity index (χ1v) is 7.14. The number of amides is 1. The number of halogens is 1. The molecule has 0 bridgehead atoms. The summed E-state index contributed by atoms with van der Waals surface area (Å²) in [4.78, 5) is 22.8. The van der Waals surface area contributed by atoms with Crippen LogP contribution in [-0.2, 0) is 9.59 Å². The van der Waals surface area contributed by atoms with Gasteiger partial charge in [-0.2, -0.15) is 0 Å². The summed E-state index contributed by atoms with van der Waals surface area (Å²) in [5.41, 5.74) is 0.866. The summed E-state index contributed by atoms with van der Waals surface area (Å²) >= 11 is 3.34. The van der Waals surface area contributed by atoms with E-state index in [1.165, 1.54) is 6.08 Å². The maximum Gasteiger partial charge on any atom is 0.326 e. The van der Waals surface area contributed by atoms with Gasteiger partial charge in [-0.1, -0.05) is 41.9 Å². The van der Waals surface area contributed by atoms with Crippen LogP contribution in [0.15, 0.2) is 34.8 Å². The molecule has 0 radical (unpaired) electrons. The summed E-state index contributed by atoms with van der Waals surface area (Å²) < 4.78 is 0.920. The Morgan fingerprint density at radius 3 is 2.65 bits per heavy atom. The van der Waals surface area contributed by atoms with Crippen LogP contribution >= 0.6 is 15.9 Å². The quantitative estimate of drug-likeness (QED) is 0.782. The van der Waals surface area contributed by atoms with Gasteiger partial charge in [-0.25, -0.2) is 4.79 Å². The van der Waals surface area contributed by atoms with Crippen LogP contribution in [0.25, 0.3) is 6.08 Å². The number of benzene rings is 1. The topological polar surface area (TPSA) is 66.4 Å². The lowest BCUT2D eigenvalue weighted by Gasteiger charge is -2.15. The number of hydrogen-bond acceptors (Lipinski definition) is 2. The SMILES string of the molecule is CC(C)C[C@@H](NC(=O)C=Cc1cccc(Br)c1)C(=O)O. The Labute approximate surface area is 127 Å². The molecule has 1 rings (SSSR count). The predicted octanol–water partition coefficient (Wildman–Crippen LogP) is 3.08. The molecule has 0 unspecified atom stereocenters. The molecule has 0 saturated carbocycles. The second-order valence-corrected chi connectivity index (χ2v) is 5.83. The van der Waals surface area contributed by atoms with Crippen molar-refractivity contribution in [2.45, 2.75) is 26.3 Å². The Kier molecular flexibility index (Phi) is 6.45. The third kappa shape index (κ3) is 6.02. The minimum absolute atomic E-state index is 0.199. The van der Waals surface area contributed by atoms with Crippen molar-refractivity contribution in [3.05, 3.63) is 40.4 Å². The van der Waals surface area contributed by atoms with Crippen LogP contribution < -0.4 is 5.32 Å². The van der Waals surface area contributed by atoms with E-state index in [1.54, 1.807) is 6.08 Å². The molecule has 0 aromatic heterocycles. The normalized spacial score (nSPS) is 12.6. The number of rotatable bonds is 6. The average molecular weight is 340 g/mol. The molecular formula is C15H18BrNO3.